The molecule has 10 nitrogen and oxygen atoms in total. The molecule has 1 fully saturated rings. The molecule has 3 aromatic carbocycles. The number of para-hydroxylation sites is 1. The maximum atomic E-state index is 13.2. The molecule has 1 saturated heterocycles. The molecule has 12 heteroatoms. The van der Waals surface area contributed by atoms with Gasteiger partial charge in [0.2, 0.25) is 20.0 Å². The molecule has 1 heterocycles. The molecule has 4 rings (SSSR count). The van der Waals surface area contributed by atoms with Gasteiger partial charge in [-0.05, 0) is 48.5 Å². The summed E-state index contributed by atoms with van der Waals surface area (Å²) in [6.07, 6.45) is 1.05. The van der Waals surface area contributed by atoms with Crippen LogP contribution in [-0.4, -0.2) is 71.6 Å². The van der Waals surface area contributed by atoms with Gasteiger partial charge >= 0.3 is 0 Å². The SMILES string of the molecule is CN(c1ccccc1C(=O)Nc1ccc(S(=O)(=O)N2CCN(c3cccc(O)c3)CC2)cc1)S(C)(=O)=O. The summed E-state index contributed by atoms with van der Waals surface area (Å²) in [5.41, 5.74) is 1.60. The van der Waals surface area contributed by atoms with Crippen LogP contribution in [0.3, 0.4) is 0 Å². The van der Waals surface area contributed by atoms with Crippen LogP contribution in [0.1, 0.15) is 10.4 Å². The van der Waals surface area contributed by atoms with E-state index in [4.69, 9.17) is 0 Å². The second-order valence-electron chi connectivity index (χ2n) is 8.64. The molecule has 0 atom stereocenters. The highest BCUT2D eigenvalue weighted by molar-refractivity contribution is 7.92. The number of carbonyl (C=O) groups is 1. The van der Waals surface area contributed by atoms with Crippen LogP contribution < -0.4 is 14.5 Å². The minimum atomic E-state index is -3.74. The molecule has 0 saturated carbocycles. The van der Waals surface area contributed by atoms with Crippen LogP contribution in [0, 0.1) is 0 Å². The Labute approximate surface area is 216 Å². The first-order valence-electron chi connectivity index (χ1n) is 11.5. The molecule has 0 radical (unpaired) electrons. The second-order valence-corrected chi connectivity index (χ2v) is 12.6. The maximum absolute atomic E-state index is 13.2. The number of amides is 1. The molecule has 196 valence electrons. The van der Waals surface area contributed by atoms with E-state index in [1.165, 1.54) is 47.8 Å². The highest BCUT2D eigenvalue weighted by Crippen LogP contribution is 2.26. The lowest BCUT2D eigenvalue weighted by Crippen LogP contribution is -2.48. The lowest BCUT2D eigenvalue weighted by atomic mass is 10.1. The first kappa shape index (κ1) is 26.5. The van der Waals surface area contributed by atoms with Gasteiger partial charge in [-0.2, -0.15) is 4.31 Å². The molecular weight excluding hydrogens is 516 g/mol. The number of rotatable bonds is 7. The van der Waals surface area contributed by atoms with Crippen molar-refractivity contribution in [3.05, 3.63) is 78.4 Å². The predicted octanol–water partition coefficient (Wildman–Crippen LogP) is 2.55. The molecule has 0 aromatic heterocycles. The first-order chi connectivity index (χ1) is 17.5. The van der Waals surface area contributed by atoms with Crippen LogP contribution in [-0.2, 0) is 20.0 Å². The molecule has 3 aromatic rings. The summed E-state index contributed by atoms with van der Waals surface area (Å²) >= 11 is 0. The third kappa shape index (κ3) is 5.87. The van der Waals surface area contributed by atoms with Crippen LogP contribution in [0.2, 0.25) is 0 Å². The van der Waals surface area contributed by atoms with E-state index < -0.39 is 26.0 Å². The highest BCUT2D eigenvalue weighted by Gasteiger charge is 2.29. The van der Waals surface area contributed by atoms with Gasteiger partial charge in [0.1, 0.15) is 5.75 Å². The van der Waals surface area contributed by atoms with Crippen LogP contribution in [0.25, 0.3) is 0 Å². The molecule has 0 unspecified atom stereocenters. The van der Waals surface area contributed by atoms with Crippen LogP contribution in [0.15, 0.2) is 77.7 Å². The van der Waals surface area contributed by atoms with Gasteiger partial charge in [0.25, 0.3) is 5.91 Å². The number of hydrogen-bond donors (Lipinski definition) is 2. The summed E-state index contributed by atoms with van der Waals surface area (Å²) in [5.74, 6) is -0.365. The smallest absolute Gasteiger partial charge is 0.257 e. The third-order valence-electron chi connectivity index (χ3n) is 6.17. The zero-order valence-corrected chi connectivity index (χ0v) is 22.0. The summed E-state index contributed by atoms with van der Waals surface area (Å²) < 4.78 is 52.7. The number of piperazine rings is 1. The summed E-state index contributed by atoms with van der Waals surface area (Å²) in [7, 11) is -5.94. The predicted molar refractivity (Wildman–Crippen MR) is 143 cm³/mol. The largest absolute Gasteiger partial charge is 0.508 e. The summed E-state index contributed by atoms with van der Waals surface area (Å²) in [5, 5.41) is 12.4. The van der Waals surface area contributed by atoms with E-state index in [0.717, 1.165) is 16.2 Å². The van der Waals surface area contributed by atoms with Gasteiger partial charge in [-0.1, -0.05) is 18.2 Å². The topological polar surface area (TPSA) is 127 Å². The molecule has 0 aliphatic carbocycles. The Morgan fingerprint density at radius 3 is 2.16 bits per heavy atom. The summed E-state index contributed by atoms with van der Waals surface area (Å²) in [6, 6.07) is 19.0. The lowest BCUT2D eigenvalue weighted by molar-refractivity contribution is 0.102. The van der Waals surface area contributed by atoms with Gasteiger partial charge in [-0.3, -0.25) is 9.10 Å². The van der Waals surface area contributed by atoms with Crippen LogP contribution in [0.4, 0.5) is 17.1 Å². The first-order valence-corrected chi connectivity index (χ1v) is 14.7. The standard InChI is InChI=1S/C25H28N4O6S2/c1-27(36(2,32)33)24-9-4-3-8-23(24)25(31)26-19-10-12-22(13-11-19)37(34,35)29-16-14-28(15-17-29)20-6-5-7-21(30)18-20/h3-13,18,30H,14-17H2,1-2H3,(H,26,31). The molecule has 1 aliphatic rings. The lowest BCUT2D eigenvalue weighted by Gasteiger charge is -2.35. The van der Waals surface area contributed by atoms with Crippen molar-refractivity contribution in [3.8, 4) is 5.75 Å². The zero-order chi connectivity index (χ0) is 26.8. The van der Waals surface area contributed by atoms with Crippen molar-refractivity contribution in [2.24, 2.45) is 0 Å². The molecule has 1 amide bonds. The number of nitrogens with one attached hydrogen (secondary N) is 1. The van der Waals surface area contributed by atoms with Crippen LogP contribution >= 0.6 is 0 Å². The average Bonchev–Trinajstić information content (AvgIpc) is 2.88. The number of phenolic OH excluding ortho intramolecular Hbond substituents is 1. The number of aromatic hydroxyl groups is 1. The van der Waals surface area contributed by atoms with E-state index in [-0.39, 0.29) is 21.9 Å². The third-order valence-corrected chi connectivity index (χ3v) is 9.27. The summed E-state index contributed by atoms with van der Waals surface area (Å²) in [6.45, 7) is 1.55. The average molecular weight is 545 g/mol. The van der Waals surface area contributed by atoms with Crippen molar-refractivity contribution in [1.82, 2.24) is 4.31 Å². The van der Waals surface area contributed by atoms with Crippen molar-refractivity contribution >= 4 is 43.0 Å². The van der Waals surface area contributed by atoms with Crippen molar-refractivity contribution in [2.45, 2.75) is 4.90 Å². The number of phenols is 1. The molecular formula is C25H28N4O6S2. The Morgan fingerprint density at radius 1 is 0.892 bits per heavy atom. The van der Waals surface area contributed by atoms with Crippen molar-refractivity contribution in [3.63, 3.8) is 0 Å². The van der Waals surface area contributed by atoms with E-state index in [1.54, 1.807) is 30.3 Å². The van der Waals surface area contributed by atoms with Gasteiger partial charge in [-0.25, -0.2) is 16.8 Å². The molecule has 0 spiro atoms. The normalized spacial score (nSPS) is 14.8. The fraction of sp³-hybridized carbons (Fsp3) is 0.240. The van der Waals surface area contributed by atoms with Crippen molar-refractivity contribution in [2.75, 3.05) is 54.0 Å². The van der Waals surface area contributed by atoms with E-state index in [2.05, 4.69) is 5.32 Å². The Balaban J connectivity index is 1.44. The molecule has 0 bridgehead atoms. The fourth-order valence-corrected chi connectivity index (χ4v) is 5.99. The van der Waals surface area contributed by atoms with Gasteiger partial charge < -0.3 is 15.3 Å². The van der Waals surface area contributed by atoms with Crippen molar-refractivity contribution in [1.29, 1.82) is 0 Å². The number of hydrogen-bond acceptors (Lipinski definition) is 7. The molecule has 37 heavy (non-hydrogen) atoms. The Bertz CT molecular complexity index is 1500. The van der Waals surface area contributed by atoms with Gasteiger partial charge in [-0.15, -0.1) is 0 Å². The Hall–Kier alpha value is -3.61. The molecule has 1 aliphatic heterocycles. The Morgan fingerprint density at radius 2 is 1.54 bits per heavy atom. The van der Waals surface area contributed by atoms with E-state index in [0.29, 0.717) is 31.9 Å². The van der Waals surface area contributed by atoms with Crippen LogP contribution in [0.5, 0.6) is 5.75 Å². The minimum Gasteiger partial charge on any atom is -0.508 e. The van der Waals surface area contributed by atoms with Gasteiger partial charge in [0, 0.05) is 50.7 Å². The molecule has 2 N–H and O–H groups in total. The second kappa shape index (κ2) is 10.4. The van der Waals surface area contributed by atoms with E-state index in [1.807, 2.05) is 11.0 Å². The number of carbonyl (C=O) groups excluding carboxylic acids is 1. The van der Waals surface area contributed by atoms with E-state index >= 15 is 0 Å². The highest BCUT2D eigenvalue weighted by atomic mass is 32.2. The number of anilines is 3. The van der Waals surface area contributed by atoms with Gasteiger partial charge in [0.05, 0.1) is 22.4 Å². The zero-order valence-electron chi connectivity index (χ0n) is 20.4. The number of benzene rings is 3. The quantitative estimate of drug-likeness (QED) is 0.468. The minimum absolute atomic E-state index is 0.105. The number of sulfonamides is 2. The number of nitrogens with zero attached hydrogens (tertiary/aromatic N) is 3. The maximum Gasteiger partial charge on any atom is 0.257 e. The summed E-state index contributed by atoms with van der Waals surface area (Å²) in [4.78, 5) is 15.0. The van der Waals surface area contributed by atoms with Gasteiger partial charge in [0.15, 0.2) is 0 Å². The van der Waals surface area contributed by atoms with E-state index in [9.17, 15) is 26.7 Å². The van der Waals surface area contributed by atoms with Crippen molar-refractivity contribution < 1.29 is 26.7 Å². The Kier molecular flexibility index (Phi) is 7.44. The fourth-order valence-electron chi connectivity index (χ4n) is 4.05. The monoisotopic (exact) mass is 544 g/mol.